The van der Waals surface area contributed by atoms with E-state index in [-0.39, 0.29) is 5.69 Å². The molecule has 7 nitrogen and oxygen atoms in total. The second kappa shape index (κ2) is 5.68. The Morgan fingerprint density at radius 1 is 1.00 bits per heavy atom. The Morgan fingerprint density at radius 2 is 1.57 bits per heavy atom. The maximum Gasteiger partial charge on any atom is 0.323 e. The van der Waals surface area contributed by atoms with Gasteiger partial charge in [-0.25, -0.2) is 4.79 Å². The topological polar surface area (TPSA) is 128 Å². The summed E-state index contributed by atoms with van der Waals surface area (Å²) in [5, 5.41) is 33.0. The molecule has 0 aromatic heterocycles. The Hall–Kier alpha value is -2.80. The third-order valence-electron chi connectivity index (χ3n) is 2.59. The van der Waals surface area contributed by atoms with Crippen molar-refractivity contribution in [1.82, 2.24) is 0 Å². The predicted molar refractivity (Wildman–Crippen MR) is 79.9 cm³/mol. The fourth-order valence-corrected chi connectivity index (χ4v) is 1.76. The number of nitrogen functional groups attached to an aromatic ring is 1. The summed E-state index contributed by atoms with van der Waals surface area (Å²) in [5.74, 6) is -1.77. The monoisotopic (exact) mass is 309 g/mol. The van der Waals surface area contributed by atoms with Crippen molar-refractivity contribution in [2.24, 2.45) is 0 Å². The largest absolute Gasteiger partial charge is 0.504 e. The lowest BCUT2D eigenvalue weighted by atomic mass is 10.2. The van der Waals surface area contributed by atoms with Gasteiger partial charge in [-0.15, -0.1) is 0 Å². The second-order valence-corrected chi connectivity index (χ2v) is 4.59. The van der Waals surface area contributed by atoms with E-state index >= 15 is 0 Å². The van der Waals surface area contributed by atoms with E-state index in [2.05, 4.69) is 10.6 Å². The van der Waals surface area contributed by atoms with Gasteiger partial charge in [0.1, 0.15) is 0 Å². The molecule has 0 bridgehead atoms. The molecule has 7 N–H and O–H groups in total. The summed E-state index contributed by atoms with van der Waals surface area (Å²) >= 11 is 5.83. The minimum atomic E-state index is -0.661. The van der Waals surface area contributed by atoms with Gasteiger partial charge < -0.3 is 31.7 Å². The summed E-state index contributed by atoms with van der Waals surface area (Å²) in [6, 6.07) is 6.13. The van der Waals surface area contributed by atoms with Gasteiger partial charge in [-0.3, -0.25) is 0 Å². The molecular formula is C13H12ClN3O4. The molecule has 0 atom stereocenters. The van der Waals surface area contributed by atoms with E-state index in [0.29, 0.717) is 16.4 Å². The quantitative estimate of drug-likeness (QED) is 0.289. The number of nitrogens with one attached hydrogen (secondary N) is 2. The number of anilines is 3. The Kier molecular flexibility index (Phi) is 3.95. The number of phenols is 3. The molecule has 8 heteroatoms. The maximum absolute atomic E-state index is 11.8. The molecule has 0 aliphatic heterocycles. The lowest BCUT2D eigenvalue weighted by Gasteiger charge is -2.10. The summed E-state index contributed by atoms with van der Waals surface area (Å²) in [6.45, 7) is 0. The van der Waals surface area contributed by atoms with Crippen molar-refractivity contribution >= 4 is 34.7 Å². The number of benzene rings is 2. The number of rotatable bonds is 2. The van der Waals surface area contributed by atoms with E-state index in [1.807, 2.05) is 0 Å². The molecule has 2 aromatic carbocycles. The van der Waals surface area contributed by atoms with Crippen LogP contribution in [0.2, 0.25) is 5.02 Å². The van der Waals surface area contributed by atoms with Gasteiger partial charge in [-0.1, -0.05) is 11.6 Å². The lowest BCUT2D eigenvalue weighted by molar-refractivity contribution is 0.262. The fraction of sp³-hybridized carbons (Fsp3) is 0. The number of phenolic OH excluding ortho intramolecular Hbond substituents is 3. The third kappa shape index (κ3) is 3.40. The molecule has 0 heterocycles. The van der Waals surface area contributed by atoms with Crippen LogP contribution in [0, 0.1) is 0 Å². The van der Waals surface area contributed by atoms with Crippen molar-refractivity contribution in [2.45, 2.75) is 0 Å². The first-order chi connectivity index (χ1) is 9.86. The molecule has 2 rings (SSSR count). The van der Waals surface area contributed by atoms with Crippen LogP contribution in [0.15, 0.2) is 30.3 Å². The van der Waals surface area contributed by atoms with Crippen LogP contribution in [-0.4, -0.2) is 21.4 Å². The molecule has 0 saturated carbocycles. The standard InChI is InChI=1S/C13H12ClN3O4/c14-8-3-6(1-2-9(8)15)16-13(21)17-7-4-10(18)12(20)11(19)5-7/h1-5,18-20H,15H2,(H2,16,17,21). The van der Waals surface area contributed by atoms with E-state index in [9.17, 15) is 20.1 Å². The van der Waals surface area contributed by atoms with Gasteiger partial charge in [0.05, 0.1) is 16.4 Å². The van der Waals surface area contributed by atoms with Crippen LogP contribution in [-0.2, 0) is 0 Å². The van der Waals surface area contributed by atoms with Gasteiger partial charge in [0, 0.05) is 17.8 Å². The predicted octanol–water partition coefficient (Wildman–Crippen LogP) is 2.68. The summed E-state index contributed by atoms with van der Waals surface area (Å²) in [4.78, 5) is 11.8. The van der Waals surface area contributed by atoms with Crippen LogP contribution in [0.1, 0.15) is 0 Å². The van der Waals surface area contributed by atoms with Gasteiger partial charge in [0.25, 0.3) is 0 Å². The van der Waals surface area contributed by atoms with Crippen molar-refractivity contribution in [3.05, 3.63) is 35.4 Å². The Balaban J connectivity index is 2.09. The average Bonchev–Trinajstić information content (AvgIpc) is 2.40. The normalized spacial score (nSPS) is 10.1. The summed E-state index contributed by atoms with van der Waals surface area (Å²) in [5.41, 5.74) is 6.45. The van der Waals surface area contributed by atoms with Crippen LogP contribution in [0.5, 0.6) is 17.2 Å². The van der Waals surface area contributed by atoms with Crippen LogP contribution in [0.4, 0.5) is 21.9 Å². The molecule has 110 valence electrons. The van der Waals surface area contributed by atoms with E-state index in [4.69, 9.17) is 17.3 Å². The van der Waals surface area contributed by atoms with E-state index in [0.717, 1.165) is 12.1 Å². The molecule has 2 amide bonds. The van der Waals surface area contributed by atoms with Crippen LogP contribution in [0.25, 0.3) is 0 Å². The molecule has 0 fully saturated rings. The van der Waals surface area contributed by atoms with Crippen molar-refractivity contribution in [3.63, 3.8) is 0 Å². The number of halogens is 1. The van der Waals surface area contributed by atoms with E-state index in [1.165, 1.54) is 12.1 Å². The number of hydrogen-bond donors (Lipinski definition) is 6. The molecule has 2 aromatic rings. The summed E-state index contributed by atoms with van der Waals surface area (Å²) in [6.07, 6.45) is 0. The highest BCUT2D eigenvalue weighted by atomic mass is 35.5. The highest BCUT2D eigenvalue weighted by molar-refractivity contribution is 6.33. The molecule has 0 aliphatic rings. The molecule has 0 saturated heterocycles. The number of nitrogens with two attached hydrogens (primary N) is 1. The first-order valence-electron chi connectivity index (χ1n) is 5.75. The Morgan fingerprint density at radius 3 is 2.14 bits per heavy atom. The van der Waals surface area contributed by atoms with Crippen molar-refractivity contribution < 1.29 is 20.1 Å². The number of amides is 2. The van der Waals surface area contributed by atoms with Gasteiger partial charge in [0.15, 0.2) is 17.2 Å². The lowest BCUT2D eigenvalue weighted by Crippen LogP contribution is -2.19. The molecule has 0 aliphatic carbocycles. The van der Waals surface area contributed by atoms with Gasteiger partial charge in [-0.2, -0.15) is 0 Å². The number of carbonyl (C=O) groups is 1. The number of hydrogen-bond acceptors (Lipinski definition) is 5. The highest BCUT2D eigenvalue weighted by Gasteiger charge is 2.10. The van der Waals surface area contributed by atoms with E-state index in [1.54, 1.807) is 6.07 Å². The zero-order chi connectivity index (χ0) is 15.6. The summed E-state index contributed by atoms with van der Waals surface area (Å²) < 4.78 is 0. The third-order valence-corrected chi connectivity index (χ3v) is 2.91. The maximum atomic E-state index is 11.8. The average molecular weight is 310 g/mol. The van der Waals surface area contributed by atoms with Crippen molar-refractivity contribution in [1.29, 1.82) is 0 Å². The molecular weight excluding hydrogens is 298 g/mol. The zero-order valence-electron chi connectivity index (χ0n) is 10.6. The highest BCUT2D eigenvalue weighted by Crippen LogP contribution is 2.37. The van der Waals surface area contributed by atoms with Crippen LogP contribution >= 0.6 is 11.6 Å². The molecule has 0 spiro atoms. The van der Waals surface area contributed by atoms with Gasteiger partial charge >= 0.3 is 6.03 Å². The number of aromatic hydroxyl groups is 3. The van der Waals surface area contributed by atoms with Gasteiger partial charge in [0.2, 0.25) is 0 Å². The first-order valence-corrected chi connectivity index (χ1v) is 6.12. The fourth-order valence-electron chi connectivity index (χ4n) is 1.57. The van der Waals surface area contributed by atoms with Crippen molar-refractivity contribution in [3.8, 4) is 17.2 Å². The first kappa shape index (κ1) is 14.6. The summed E-state index contributed by atoms with van der Waals surface area (Å²) in [7, 11) is 0. The van der Waals surface area contributed by atoms with Crippen LogP contribution < -0.4 is 16.4 Å². The van der Waals surface area contributed by atoms with Crippen LogP contribution in [0.3, 0.4) is 0 Å². The molecule has 0 unspecified atom stereocenters. The minimum Gasteiger partial charge on any atom is -0.504 e. The number of carbonyl (C=O) groups excluding carboxylic acids is 1. The smallest absolute Gasteiger partial charge is 0.323 e. The van der Waals surface area contributed by atoms with Crippen molar-refractivity contribution in [2.75, 3.05) is 16.4 Å². The zero-order valence-corrected chi connectivity index (χ0v) is 11.3. The SMILES string of the molecule is Nc1ccc(NC(=O)Nc2cc(O)c(O)c(O)c2)cc1Cl. The molecule has 0 radical (unpaired) electrons. The Labute approximate surface area is 124 Å². The Bertz CT molecular complexity index is 683. The second-order valence-electron chi connectivity index (χ2n) is 4.18. The van der Waals surface area contributed by atoms with E-state index < -0.39 is 23.3 Å². The molecule has 21 heavy (non-hydrogen) atoms. The van der Waals surface area contributed by atoms with Gasteiger partial charge in [-0.05, 0) is 18.2 Å². The minimum absolute atomic E-state index is 0.0989. The number of urea groups is 1.